The van der Waals surface area contributed by atoms with E-state index in [4.69, 9.17) is 39.2 Å². The molecule has 0 aliphatic rings. The monoisotopic (exact) mass is 1290 g/mol. The zero-order valence-corrected chi connectivity index (χ0v) is 59.3. The van der Waals surface area contributed by atoms with Crippen LogP contribution >= 0.6 is 103 Å². The van der Waals surface area contributed by atoms with E-state index in [1.54, 1.807) is 79.3 Å². The lowest BCUT2D eigenvalue weighted by molar-refractivity contribution is 0.504. The van der Waals surface area contributed by atoms with Gasteiger partial charge < -0.3 is 4.42 Å². The van der Waals surface area contributed by atoms with E-state index in [0.29, 0.717) is 10.3 Å². The maximum absolute atomic E-state index is 5.80. The highest BCUT2D eigenvalue weighted by molar-refractivity contribution is 7.19. The third-order valence-electron chi connectivity index (χ3n) is 11.8. The van der Waals surface area contributed by atoms with E-state index in [1.807, 2.05) is 121 Å². The molecule has 448 valence electrons. The third kappa shape index (κ3) is 29.3. The molecule has 0 spiro atoms. The van der Waals surface area contributed by atoms with E-state index >= 15 is 0 Å². The molecule has 0 unspecified atom stereocenters. The van der Waals surface area contributed by atoms with Crippen LogP contribution in [0, 0.1) is 118 Å². The molecule has 19 heteroatoms. The largest absolute Gasteiger partial charge is 0.467 e. The number of thiophene rings is 5. The van der Waals surface area contributed by atoms with Crippen LogP contribution in [0.5, 0.6) is 0 Å². The van der Waals surface area contributed by atoms with Crippen molar-refractivity contribution in [3.8, 4) is 0 Å². The Morgan fingerprint density at radius 3 is 1.34 bits per heavy atom. The Balaban J connectivity index is 0.000000313. The van der Waals surface area contributed by atoms with Gasteiger partial charge >= 0.3 is 0 Å². The molecule has 83 heavy (non-hydrogen) atoms. The Kier molecular flexibility index (Phi) is 34.9. The molecule has 1 aromatic carbocycles. The lowest BCUT2D eigenvalue weighted by Gasteiger charge is -1.90. The van der Waals surface area contributed by atoms with Gasteiger partial charge in [0, 0.05) is 81.6 Å². The molecule has 0 radical (unpaired) electrons. The number of hydrogen-bond donors (Lipinski definition) is 0. The normalized spacial score (nSPS) is 9.69. The zero-order chi connectivity index (χ0) is 62.3. The molecule has 0 atom stereocenters. The molecule has 0 saturated carbocycles. The van der Waals surface area contributed by atoms with Gasteiger partial charge in [0.05, 0.1) is 22.6 Å². The molecule has 11 aromatic heterocycles. The summed E-state index contributed by atoms with van der Waals surface area (Å²) >= 11 is 27.7. The van der Waals surface area contributed by atoms with Gasteiger partial charge in [-0.3, -0.25) is 23.7 Å². The van der Waals surface area contributed by atoms with Crippen LogP contribution in [0.2, 0.25) is 15.5 Å². The quantitative estimate of drug-likeness (QED) is 0.150. The smallest absolute Gasteiger partial charge is 0.155 e. The third-order valence-corrected chi connectivity index (χ3v) is 18.5. The van der Waals surface area contributed by atoms with Gasteiger partial charge in [-0.05, 0) is 232 Å². The summed E-state index contributed by atoms with van der Waals surface area (Å²) in [5.41, 5.74) is 13.3. The summed E-state index contributed by atoms with van der Waals surface area (Å²) in [5, 5.41) is 35.1. The molecule has 0 amide bonds. The Morgan fingerprint density at radius 1 is 0.494 bits per heavy atom. The van der Waals surface area contributed by atoms with Crippen LogP contribution in [0.3, 0.4) is 0 Å². The van der Waals surface area contributed by atoms with E-state index in [1.165, 1.54) is 63.9 Å². The molecule has 0 saturated heterocycles. The number of benzene rings is 1. The Bertz CT molecular complexity index is 3270. The summed E-state index contributed by atoms with van der Waals surface area (Å²) in [6, 6.07) is 25.1. The number of halogens is 3. The van der Waals surface area contributed by atoms with Gasteiger partial charge in [-0.15, -0.1) is 45.3 Å². The van der Waals surface area contributed by atoms with Crippen molar-refractivity contribution in [3.63, 3.8) is 0 Å². The second-order valence-electron chi connectivity index (χ2n) is 19.1. The molecule has 12 aromatic rings. The molecule has 11 heterocycles. The lowest BCUT2D eigenvalue weighted by Crippen LogP contribution is -1.91. The van der Waals surface area contributed by atoms with Crippen LogP contribution in [0.25, 0.3) is 10.1 Å². The fourth-order valence-electron chi connectivity index (χ4n) is 6.19. The molecular weight excluding hydrogens is 1210 g/mol. The van der Waals surface area contributed by atoms with Gasteiger partial charge in [0.2, 0.25) is 0 Å². The minimum atomic E-state index is 0.475. The summed E-state index contributed by atoms with van der Waals surface area (Å²) < 4.78 is 13.4. The highest BCUT2D eigenvalue weighted by Gasteiger charge is 2.06. The SMILES string of the molecule is Cc1c(Cl)nn(C)c1Cl.Cc1cc(C)n(C)n1.Cc1cc2ccccc2s1.Cc1ccc(C)o1.Cc1cccs1.Cc1ccsc1.Cc1ccsc1C.Cc1cnn(C)c1C.Cc1cscc1C.Cc1nccs1.Cc1nn(C)c(Cl)c1C. The van der Waals surface area contributed by atoms with E-state index in [-0.39, 0.29) is 0 Å². The Hall–Kier alpha value is -5.40. The molecule has 0 aliphatic heterocycles. The van der Waals surface area contributed by atoms with Gasteiger partial charge in [0.1, 0.15) is 21.8 Å². The van der Waals surface area contributed by atoms with Crippen molar-refractivity contribution in [2.75, 3.05) is 0 Å². The van der Waals surface area contributed by atoms with E-state index in [2.05, 4.69) is 181 Å². The number of furan rings is 1. The molecule has 12 rings (SSSR count). The number of rotatable bonds is 0. The van der Waals surface area contributed by atoms with Crippen LogP contribution in [0.15, 0.2) is 127 Å². The van der Waals surface area contributed by atoms with Crippen molar-refractivity contribution in [2.24, 2.45) is 28.2 Å². The molecule has 0 aliphatic carbocycles. The fourth-order valence-corrected chi connectivity index (χ4v) is 10.9. The summed E-state index contributed by atoms with van der Waals surface area (Å²) in [5.74, 6) is 1.97. The summed E-state index contributed by atoms with van der Waals surface area (Å²) in [7, 11) is 7.48. The van der Waals surface area contributed by atoms with Crippen LogP contribution in [0.4, 0.5) is 0 Å². The number of aromatic nitrogens is 9. The van der Waals surface area contributed by atoms with Crippen molar-refractivity contribution in [2.45, 2.75) is 118 Å². The molecular formula is C64H84Cl3N9OS6. The Morgan fingerprint density at radius 2 is 1.12 bits per heavy atom. The predicted octanol–water partition coefficient (Wildman–Crippen LogP) is 21.2. The van der Waals surface area contributed by atoms with Gasteiger partial charge in [-0.25, -0.2) is 0 Å². The predicted molar refractivity (Wildman–Crippen MR) is 368 cm³/mol. The highest BCUT2D eigenvalue weighted by atomic mass is 35.5. The minimum Gasteiger partial charge on any atom is -0.467 e. The van der Waals surface area contributed by atoms with Crippen molar-refractivity contribution < 1.29 is 4.42 Å². The number of hydrogen-bond acceptors (Lipinski definition) is 12. The molecule has 0 N–H and O–H groups in total. The maximum atomic E-state index is 5.80. The summed E-state index contributed by atoms with van der Waals surface area (Å²) in [4.78, 5) is 8.14. The zero-order valence-electron chi connectivity index (χ0n) is 52.1. The average molecular weight is 1290 g/mol. The summed E-state index contributed by atoms with van der Waals surface area (Å²) in [6.45, 7) is 34.6. The van der Waals surface area contributed by atoms with Crippen LogP contribution in [-0.4, -0.2) is 44.1 Å². The molecule has 0 fully saturated rings. The van der Waals surface area contributed by atoms with Gasteiger partial charge in [-0.2, -0.15) is 43.1 Å². The van der Waals surface area contributed by atoms with Gasteiger partial charge in [0.15, 0.2) is 5.15 Å². The number of aryl methyl sites for hydroxylation is 18. The van der Waals surface area contributed by atoms with Crippen LogP contribution in [-0.2, 0) is 28.2 Å². The van der Waals surface area contributed by atoms with E-state index in [0.717, 1.165) is 44.2 Å². The van der Waals surface area contributed by atoms with Crippen LogP contribution in [0.1, 0.15) is 92.9 Å². The second kappa shape index (κ2) is 39.3. The van der Waals surface area contributed by atoms with Crippen LogP contribution < -0.4 is 0 Å². The van der Waals surface area contributed by atoms with E-state index < -0.39 is 0 Å². The average Bonchev–Trinajstić information content (AvgIpc) is 4.35. The second-order valence-corrected chi connectivity index (χ2v) is 26.3. The number of fused-ring (bicyclic) bond motifs is 1. The lowest BCUT2D eigenvalue weighted by atomic mass is 10.2. The van der Waals surface area contributed by atoms with E-state index in [9.17, 15) is 0 Å². The Labute approximate surface area is 534 Å². The standard InChI is InChI=1S/C9H8S.C6H9ClN2.2C6H10N2.C6H8O.2C6H8S.C5H6Cl2N2.2C5H6S.C4H5NS/c1-7-6-8-4-2-3-5-9(8)10-7;1-4-5(2)8-9(3)6(4)7;1-5-4-7-8(3)6(5)2;1-5-4-6(2)8(3)7-5;1-5-3-4-6(2)7-5;1-5-3-7-4-6(5)2;1-5-3-4-7-6(5)2;1-3-4(6)8-9(2)5(3)7;1-5-2-3-6-4-5;1-5-3-2-4-6-5;1-4-5-2-3-6-4/h2-6H,1H3;1-3H3;2*4H,1-3H3;3*3-4H,1-2H3;1-2H3;2*2-4H,1H3;2-3H,1H3. The topological polar surface area (TPSA) is 97.3 Å². The molecule has 10 nitrogen and oxygen atoms in total. The first-order valence-corrected chi connectivity index (χ1v) is 32.8. The van der Waals surface area contributed by atoms with Gasteiger partial charge in [-0.1, -0.05) is 59.1 Å². The fraction of sp³-hybridized carbons (Fsp3) is 0.328. The first-order valence-electron chi connectivity index (χ1n) is 26.4. The van der Waals surface area contributed by atoms with Crippen molar-refractivity contribution in [1.29, 1.82) is 0 Å². The maximum Gasteiger partial charge on any atom is 0.155 e. The number of nitrogens with zero attached hydrogens (tertiary/aromatic N) is 9. The first-order chi connectivity index (χ1) is 39.1. The number of thiazole rings is 1. The van der Waals surface area contributed by atoms with Crippen molar-refractivity contribution in [1.82, 2.24) is 44.1 Å². The molecule has 0 bridgehead atoms. The summed E-state index contributed by atoms with van der Waals surface area (Å²) in [6.07, 6.45) is 3.68. The van der Waals surface area contributed by atoms with Gasteiger partial charge in [0.25, 0.3) is 0 Å². The highest BCUT2D eigenvalue weighted by Crippen LogP contribution is 2.24. The first kappa shape index (κ1) is 73.7. The van der Waals surface area contributed by atoms with Crippen molar-refractivity contribution in [3.05, 3.63) is 231 Å². The van der Waals surface area contributed by atoms with Crippen molar-refractivity contribution >= 4 is 113 Å². The minimum absolute atomic E-state index is 0.475.